The number of anilines is 2. The maximum absolute atomic E-state index is 15.3. The molecule has 2 saturated heterocycles. The molecule has 0 amide bonds. The lowest BCUT2D eigenvalue weighted by Crippen LogP contribution is -2.31. The van der Waals surface area contributed by atoms with Crippen LogP contribution in [0.4, 0.5) is 20.5 Å². The number of nitrogens with two attached hydrogens (primary N) is 1. The second kappa shape index (κ2) is 15.3. The molecule has 49 heavy (non-hydrogen) atoms. The highest BCUT2D eigenvalue weighted by Gasteiger charge is 2.52. The first-order valence-corrected chi connectivity index (χ1v) is 18.9. The first kappa shape index (κ1) is 35.6. The van der Waals surface area contributed by atoms with E-state index in [2.05, 4.69) is 59.7 Å². The largest absolute Gasteiger partial charge is 0.582 e. The van der Waals surface area contributed by atoms with Crippen molar-refractivity contribution in [2.45, 2.75) is 49.2 Å². The van der Waals surface area contributed by atoms with Crippen molar-refractivity contribution in [3.05, 3.63) is 31.1 Å². The zero-order chi connectivity index (χ0) is 34.8. The molecular weight excluding hydrogens is 736 g/mol. The van der Waals surface area contributed by atoms with E-state index in [1.807, 2.05) is 0 Å². The summed E-state index contributed by atoms with van der Waals surface area (Å²) in [6.45, 7) is -0.893. The van der Waals surface area contributed by atoms with E-state index in [9.17, 15) is 19.3 Å². The van der Waals surface area contributed by atoms with Crippen molar-refractivity contribution in [2.24, 2.45) is 0 Å². The van der Waals surface area contributed by atoms with Crippen LogP contribution in [-0.4, -0.2) is 112 Å². The zero-order valence-corrected chi connectivity index (χ0v) is 28.4. The molecular formula is C24H28F2N10O9P2S2+2. The van der Waals surface area contributed by atoms with Gasteiger partial charge in [-0.3, -0.25) is 9.13 Å². The highest BCUT2D eigenvalue weighted by Crippen LogP contribution is 2.43. The summed E-state index contributed by atoms with van der Waals surface area (Å²) in [7, 11) is -4.91. The summed E-state index contributed by atoms with van der Waals surface area (Å²) in [5.41, 5.74) is 6.69. The van der Waals surface area contributed by atoms with Gasteiger partial charge in [0.25, 0.3) is 0 Å². The fourth-order valence-corrected chi connectivity index (χ4v) is 6.96. The topological polar surface area (TPSA) is 246 Å². The lowest BCUT2D eigenvalue weighted by Gasteiger charge is -2.15. The van der Waals surface area contributed by atoms with Gasteiger partial charge in [-0.1, -0.05) is 6.08 Å². The first-order valence-electron chi connectivity index (χ1n) is 14.3. The normalized spacial score (nSPS) is 27.8. The van der Waals surface area contributed by atoms with Crippen LogP contribution in [0.3, 0.4) is 0 Å². The molecule has 25 heteroatoms. The SMILES string of the molecule is Nc1nc(OC/C=C/CNc2ncnc3c2ncn3[C@@H]2OC(CO)C(O[P+](=O)S)[C@H]2F)c2ncn(C3OC(CO)[C@@H](O[P+](=O)S)[C@H]3F)c2n1. The first-order chi connectivity index (χ1) is 23.6. The van der Waals surface area contributed by atoms with Crippen LogP contribution in [0.15, 0.2) is 31.1 Å². The van der Waals surface area contributed by atoms with E-state index in [-0.39, 0.29) is 41.8 Å². The zero-order valence-electron chi connectivity index (χ0n) is 24.8. The summed E-state index contributed by atoms with van der Waals surface area (Å²) in [6.07, 6.45) is -3.90. The van der Waals surface area contributed by atoms with Gasteiger partial charge < -0.3 is 35.5 Å². The maximum atomic E-state index is 15.3. The number of alkyl halides is 2. The second-order valence-electron chi connectivity index (χ2n) is 10.4. The molecule has 6 rings (SSSR count). The summed E-state index contributed by atoms with van der Waals surface area (Å²) in [5, 5.41) is 22.3. The van der Waals surface area contributed by atoms with E-state index < -0.39 is 76.9 Å². The van der Waals surface area contributed by atoms with Gasteiger partial charge in [0.05, 0.1) is 25.9 Å². The van der Waals surface area contributed by atoms with E-state index in [0.717, 1.165) is 0 Å². The Balaban J connectivity index is 1.09. The van der Waals surface area contributed by atoms with Gasteiger partial charge >= 0.3 is 14.5 Å². The van der Waals surface area contributed by atoms with Gasteiger partial charge in [-0.25, -0.2) is 28.7 Å². The lowest BCUT2D eigenvalue weighted by molar-refractivity contribution is -0.0427. The second-order valence-corrected chi connectivity index (χ2v) is 13.8. The molecule has 5 N–H and O–H groups in total. The third kappa shape index (κ3) is 7.32. The van der Waals surface area contributed by atoms with Gasteiger partial charge in [0.15, 0.2) is 65.2 Å². The minimum atomic E-state index is -2.47. The predicted octanol–water partition coefficient (Wildman–Crippen LogP) is 2.00. The summed E-state index contributed by atoms with van der Waals surface area (Å²) in [5.74, 6) is 0.161. The monoisotopic (exact) mass is 764 g/mol. The standard InChI is InChI=1S/C24H26F2N10O9P2S2/c25-12-16(44-46(39)48)10(5-37)42-22(12)35-8-31-14-18(29-7-30-19(14)35)28-3-1-2-4-41-21-15-20(33-24(27)34-21)36(9-32-15)23-13(26)17(45-47(40)49)11(6-38)43-23/h1-2,7-13,16-17,22-23,37-38H,3-6H2,(H3-2,27,28,29,30,33,34,39,40,48,49)/p+2/b2-1+/t10?,11?,12-,13-,16?,17-,22-,23?/m1/s1. The van der Waals surface area contributed by atoms with Crippen LogP contribution in [-0.2, 0) is 27.7 Å². The van der Waals surface area contributed by atoms with Gasteiger partial charge in [0.2, 0.25) is 11.8 Å². The summed E-state index contributed by atoms with van der Waals surface area (Å²) in [6, 6.07) is 0. The van der Waals surface area contributed by atoms with E-state index in [1.54, 1.807) is 12.2 Å². The molecule has 4 aromatic rings. The number of hydrogen-bond donors (Lipinski definition) is 6. The van der Waals surface area contributed by atoms with Crippen molar-refractivity contribution in [2.75, 3.05) is 37.4 Å². The van der Waals surface area contributed by atoms with Crippen molar-refractivity contribution in [1.29, 1.82) is 0 Å². The van der Waals surface area contributed by atoms with Crippen LogP contribution in [0.5, 0.6) is 5.88 Å². The van der Waals surface area contributed by atoms with Crippen LogP contribution in [0.2, 0.25) is 0 Å². The number of imidazole rings is 2. The van der Waals surface area contributed by atoms with Crippen LogP contribution in [0, 0.1) is 0 Å². The Morgan fingerprint density at radius 1 is 0.898 bits per heavy atom. The summed E-state index contributed by atoms with van der Waals surface area (Å²) in [4.78, 5) is 25.1. The van der Waals surface area contributed by atoms with Crippen molar-refractivity contribution in [1.82, 2.24) is 39.0 Å². The van der Waals surface area contributed by atoms with Crippen LogP contribution in [0.25, 0.3) is 22.3 Å². The van der Waals surface area contributed by atoms with E-state index in [1.165, 1.54) is 28.1 Å². The van der Waals surface area contributed by atoms with E-state index >= 15 is 8.78 Å². The van der Waals surface area contributed by atoms with E-state index in [0.29, 0.717) is 11.3 Å². The molecule has 2 aliphatic heterocycles. The van der Waals surface area contributed by atoms with Crippen LogP contribution < -0.4 is 15.8 Å². The minimum absolute atomic E-state index is 0.0119. The Hall–Kier alpha value is -3.24. The van der Waals surface area contributed by atoms with Crippen molar-refractivity contribution >= 4 is 73.1 Å². The third-order valence-corrected chi connectivity index (χ3v) is 8.91. The lowest BCUT2D eigenvalue weighted by atomic mass is 10.1. The molecule has 4 aromatic heterocycles. The smallest absolute Gasteiger partial charge is 0.472 e. The third-order valence-electron chi connectivity index (χ3n) is 7.50. The maximum Gasteiger partial charge on any atom is 0.582 e. The van der Waals surface area contributed by atoms with Gasteiger partial charge in [0, 0.05) is 6.54 Å². The average Bonchev–Trinajstić information content (AvgIpc) is 3.83. The quantitative estimate of drug-likeness (QED) is 0.0611. The van der Waals surface area contributed by atoms with Gasteiger partial charge in [-0.2, -0.15) is 9.97 Å². The number of thiol groups is 2. The molecule has 6 unspecified atom stereocenters. The Morgan fingerprint density at radius 3 is 2.08 bits per heavy atom. The van der Waals surface area contributed by atoms with Crippen LogP contribution >= 0.6 is 39.0 Å². The molecule has 19 nitrogen and oxygen atoms in total. The number of nitrogen functional groups attached to an aromatic ring is 1. The molecule has 2 fully saturated rings. The Labute approximate surface area is 286 Å². The molecule has 0 radical (unpaired) electrons. The number of rotatable bonds is 14. The van der Waals surface area contributed by atoms with E-state index in [4.69, 9.17) is 29.0 Å². The number of nitrogens with one attached hydrogen (secondary N) is 1. The molecule has 0 spiro atoms. The van der Waals surface area contributed by atoms with Gasteiger partial charge in [-0.05, 0) is 15.2 Å². The molecule has 6 heterocycles. The highest BCUT2D eigenvalue weighted by atomic mass is 32.7. The average molecular weight is 765 g/mol. The molecule has 0 aromatic carbocycles. The Kier molecular flexibility index (Phi) is 11.1. The molecule has 0 aliphatic carbocycles. The number of halogens is 2. The van der Waals surface area contributed by atoms with Crippen molar-refractivity contribution in [3.8, 4) is 5.88 Å². The molecule has 10 atom stereocenters. The molecule has 2 aliphatic rings. The molecule has 262 valence electrons. The van der Waals surface area contributed by atoms with Crippen LogP contribution in [0.1, 0.15) is 12.5 Å². The fraction of sp³-hybridized carbons (Fsp3) is 0.500. The summed E-state index contributed by atoms with van der Waals surface area (Å²) >= 11 is 7.33. The van der Waals surface area contributed by atoms with Gasteiger partial charge in [0.1, 0.15) is 49.6 Å². The number of aliphatic hydroxyl groups is 2. The Bertz CT molecular complexity index is 1880. The number of hydrogen-bond acceptors (Lipinski definition) is 17. The number of aliphatic hydroxyl groups excluding tert-OH is 2. The number of ether oxygens (including phenoxy) is 3. The number of nitrogens with zero attached hydrogens (tertiary/aromatic N) is 8. The Morgan fingerprint density at radius 2 is 1.49 bits per heavy atom. The van der Waals surface area contributed by atoms with Crippen molar-refractivity contribution < 1.29 is 51.4 Å². The van der Waals surface area contributed by atoms with Gasteiger partial charge in [-0.15, -0.1) is 9.05 Å². The number of aromatic nitrogens is 8. The minimum Gasteiger partial charge on any atom is -0.472 e. The fourth-order valence-electron chi connectivity index (χ4n) is 5.39. The number of fused-ring (bicyclic) bond motifs is 2. The predicted molar refractivity (Wildman–Crippen MR) is 173 cm³/mol. The molecule has 0 saturated carbocycles. The highest BCUT2D eigenvalue weighted by molar-refractivity contribution is 8.39. The van der Waals surface area contributed by atoms with Crippen molar-refractivity contribution in [3.63, 3.8) is 0 Å². The molecule has 0 bridgehead atoms. The summed E-state index contributed by atoms with van der Waals surface area (Å²) < 4.78 is 83.0.